The van der Waals surface area contributed by atoms with Gasteiger partial charge in [0, 0.05) is 0 Å². The van der Waals surface area contributed by atoms with E-state index in [4.69, 9.17) is 0 Å². The normalized spacial score (nSPS) is 52.4. The Hall–Kier alpha value is -0.830. The van der Waals surface area contributed by atoms with Crippen molar-refractivity contribution in [2.45, 2.75) is 119 Å². The standard InChI is InChI=1S/C30H48O3/c1-25(2)14-16-30(24(32)33)17-15-28(6)19(20(30)18-25)8-9-22-27(5)12-11-23(31)26(3,4)21(27)10-13-29(22,28)7/h8,20-23,31H,9-18H2,1-7H3,(H,32,33)/t20-,21+,22+,23+,27+,28-,29+,30-/m1/s1. The van der Waals surface area contributed by atoms with Gasteiger partial charge < -0.3 is 10.2 Å². The number of aliphatic carboxylic acids is 1. The summed E-state index contributed by atoms with van der Waals surface area (Å²) in [6, 6.07) is 0. The molecule has 0 aliphatic heterocycles. The lowest BCUT2D eigenvalue weighted by Crippen LogP contribution is -2.65. The van der Waals surface area contributed by atoms with Crippen LogP contribution in [0.15, 0.2) is 11.6 Å². The molecule has 33 heavy (non-hydrogen) atoms. The summed E-state index contributed by atoms with van der Waals surface area (Å²) in [6.07, 6.45) is 12.6. The summed E-state index contributed by atoms with van der Waals surface area (Å²) < 4.78 is 0. The van der Waals surface area contributed by atoms with Crippen LogP contribution in [-0.4, -0.2) is 22.3 Å². The lowest BCUT2D eigenvalue weighted by Gasteiger charge is -2.71. The first kappa shape index (κ1) is 23.9. The van der Waals surface area contributed by atoms with Crippen molar-refractivity contribution in [3.05, 3.63) is 11.6 Å². The van der Waals surface area contributed by atoms with Crippen LogP contribution in [-0.2, 0) is 4.79 Å². The summed E-state index contributed by atoms with van der Waals surface area (Å²) in [7, 11) is 0. The molecule has 5 aliphatic rings. The molecule has 5 aliphatic carbocycles. The minimum atomic E-state index is -0.553. The molecule has 0 amide bonds. The smallest absolute Gasteiger partial charge is 0.310 e. The lowest BCUT2D eigenvalue weighted by molar-refractivity contribution is -0.205. The molecule has 4 saturated carbocycles. The van der Waals surface area contributed by atoms with Crippen molar-refractivity contribution in [2.75, 3.05) is 0 Å². The summed E-state index contributed by atoms with van der Waals surface area (Å²) in [6.45, 7) is 16.9. The molecule has 5 rings (SSSR count). The van der Waals surface area contributed by atoms with Gasteiger partial charge in [0.25, 0.3) is 0 Å². The second-order valence-corrected chi connectivity index (χ2v) is 15.1. The molecule has 0 saturated heterocycles. The Morgan fingerprint density at radius 3 is 2.21 bits per heavy atom. The van der Waals surface area contributed by atoms with Crippen LogP contribution in [0.5, 0.6) is 0 Å². The van der Waals surface area contributed by atoms with Crippen molar-refractivity contribution in [1.29, 1.82) is 0 Å². The van der Waals surface area contributed by atoms with Crippen molar-refractivity contribution in [3.8, 4) is 0 Å². The van der Waals surface area contributed by atoms with Crippen molar-refractivity contribution < 1.29 is 15.0 Å². The molecule has 0 unspecified atom stereocenters. The Bertz CT molecular complexity index is 885. The van der Waals surface area contributed by atoms with Gasteiger partial charge in [-0.15, -0.1) is 0 Å². The van der Waals surface area contributed by atoms with E-state index in [1.165, 1.54) is 18.4 Å². The van der Waals surface area contributed by atoms with Gasteiger partial charge in [0.05, 0.1) is 11.5 Å². The van der Waals surface area contributed by atoms with Crippen molar-refractivity contribution in [1.82, 2.24) is 0 Å². The molecule has 0 radical (unpaired) electrons. The zero-order chi connectivity index (χ0) is 24.2. The van der Waals surface area contributed by atoms with Gasteiger partial charge in [-0.3, -0.25) is 4.79 Å². The van der Waals surface area contributed by atoms with E-state index >= 15 is 0 Å². The van der Waals surface area contributed by atoms with E-state index in [-0.39, 0.29) is 39.1 Å². The molecule has 0 aromatic heterocycles. The number of rotatable bonds is 1. The second kappa shape index (κ2) is 6.89. The summed E-state index contributed by atoms with van der Waals surface area (Å²) in [4.78, 5) is 12.8. The van der Waals surface area contributed by atoms with E-state index in [9.17, 15) is 15.0 Å². The summed E-state index contributed by atoms with van der Waals surface area (Å²) >= 11 is 0. The first-order chi connectivity index (χ1) is 15.1. The third-order valence-electron chi connectivity index (χ3n) is 13.0. The molecule has 0 aromatic carbocycles. The molecular weight excluding hydrogens is 408 g/mol. The zero-order valence-electron chi connectivity index (χ0n) is 22.3. The molecule has 186 valence electrons. The highest BCUT2D eigenvalue weighted by atomic mass is 16.4. The number of fused-ring (bicyclic) bond motifs is 7. The first-order valence-corrected chi connectivity index (χ1v) is 13.8. The maximum Gasteiger partial charge on any atom is 0.310 e. The Morgan fingerprint density at radius 1 is 0.879 bits per heavy atom. The van der Waals surface area contributed by atoms with Gasteiger partial charge in [-0.05, 0) is 109 Å². The van der Waals surface area contributed by atoms with Gasteiger partial charge in [0.1, 0.15) is 0 Å². The quantitative estimate of drug-likeness (QED) is 0.409. The van der Waals surface area contributed by atoms with Crippen molar-refractivity contribution in [3.63, 3.8) is 0 Å². The van der Waals surface area contributed by atoms with Gasteiger partial charge in [0.15, 0.2) is 0 Å². The van der Waals surface area contributed by atoms with E-state index in [0.717, 1.165) is 51.4 Å². The number of carbonyl (C=O) groups is 1. The number of hydrogen-bond donors (Lipinski definition) is 2. The molecule has 0 spiro atoms. The predicted octanol–water partition coefficient (Wildman–Crippen LogP) is 7.23. The molecule has 3 heteroatoms. The average Bonchev–Trinajstić information content (AvgIpc) is 2.71. The topological polar surface area (TPSA) is 57.5 Å². The Labute approximate surface area is 201 Å². The summed E-state index contributed by atoms with van der Waals surface area (Å²) in [5, 5.41) is 21.4. The molecule has 0 aromatic rings. The Morgan fingerprint density at radius 2 is 1.55 bits per heavy atom. The fourth-order valence-electron chi connectivity index (χ4n) is 10.6. The van der Waals surface area contributed by atoms with Crippen LogP contribution in [0.1, 0.15) is 113 Å². The van der Waals surface area contributed by atoms with Crippen LogP contribution < -0.4 is 0 Å². The summed E-state index contributed by atoms with van der Waals surface area (Å²) in [5.41, 5.74) is 1.68. The van der Waals surface area contributed by atoms with E-state index in [2.05, 4.69) is 54.5 Å². The van der Waals surface area contributed by atoms with Gasteiger partial charge in [-0.2, -0.15) is 0 Å². The van der Waals surface area contributed by atoms with Crippen molar-refractivity contribution in [2.24, 2.45) is 50.2 Å². The number of carboxylic acids is 1. The predicted molar refractivity (Wildman–Crippen MR) is 133 cm³/mol. The van der Waals surface area contributed by atoms with Crippen molar-refractivity contribution >= 4 is 5.97 Å². The maximum atomic E-state index is 12.8. The molecule has 0 heterocycles. The Kier molecular flexibility index (Phi) is 4.99. The Balaban J connectivity index is 1.60. The zero-order valence-corrected chi connectivity index (χ0v) is 22.3. The monoisotopic (exact) mass is 456 g/mol. The lowest BCUT2D eigenvalue weighted by atomic mass is 9.33. The van der Waals surface area contributed by atoms with Gasteiger partial charge >= 0.3 is 5.97 Å². The fourth-order valence-corrected chi connectivity index (χ4v) is 10.6. The molecule has 3 nitrogen and oxygen atoms in total. The van der Waals surface area contributed by atoms with E-state index in [0.29, 0.717) is 11.8 Å². The largest absolute Gasteiger partial charge is 0.481 e. The van der Waals surface area contributed by atoms with Crippen LogP contribution in [0.4, 0.5) is 0 Å². The van der Waals surface area contributed by atoms with Crippen LogP contribution in [0, 0.1) is 50.2 Å². The number of allylic oxidation sites excluding steroid dienone is 2. The molecule has 0 bridgehead atoms. The number of carboxylic acid groups (broad SMARTS) is 1. The number of hydrogen-bond acceptors (Lipinski definition) is 2. The van der Waals surface area contributed by atoms with Crippen LogP contribution in [0.25, 0.3) is 0 Å². The summed E-state index contributed by atoms with van der Waals surface area (Å²) in [5.74, 6) is 0.807. The fraction of sp³-hybridized carbons (Fsp3) is 0.900. The number of aliphatic hydroxyl groups is 1. The third kappa shape index (κ3) is 2.87. The highest BCUT2D eigenvalue weighted by molar-refractivity contribution is 5.76. The molecule has 8 atom stereocenters. The van der Waals surface area contributed by atoms with Crippen LogP contribution >= 0.6 is 0 Å². The van der Waals surface area contributed by atoms with Crippen LogP contribution in [0.3, 0.4) is 0 Å². The van der Waals surface area contributed by atoms with Gasteiger partial charge in [-0.25, -0.2) is 0 Å². The van der Waals surface area contributed by atoms with E-state index in [1.807, 2.05) is 0 Å². The van der Waals surface area contributed by atoms with E-state index < -0.39 is 11.4 Å². The second-order valence-electron chi connectivity index (χ2n) is 15.1. The molecule has 4 fully saturated rings. The van der Waals surface area contributed by atoms with Gasteiger partial charge in [0.2, 0.25) is 0 Å². The first-order valence-electron chi connectivity index (χ1n) is 13.8. The number of aliphatic hydroxyl groups excluding tert-OH is 1. The highest BCUT2D eigenvalue weighted by Gasteiger charge is 2.69. The minimum absolute atomic E-state index is 0.0301. The highest BCUT2D eigenvalue weighted by Crippen LogP contribution is 2.75. The third-order valence-corrected chi connectivity index (χ3v) is 13.0. The minimum Gasteiger partial charge on any atom is -0.481 e. The van der Waals surface area contributed by atoms with Gasteiger partial charge in [-0.1, -0.05) is 60.1 Å². The molecular formula is C30H48O3. The maximum absolute atomic E-state index is 12.8. The van der Waals surface area contributed by atoms with E-state index in [1.54, 1.807) is 0 Å². The molecule has 2 N–H and O–H groups in total. The SMILES string of the molecule is CC1(C)CC[C@@]2(C(=O)O)CC[C@]3(C)C(=CC[C@H]4[C@@]5(C)CC[C@H](O)C(C)(C)[C@@H]5CC[C@@]43C)[C@H]2C1. The average molecular weight is 457 g/mol. The van der Waals surface area contributed by atoms with Crippen LogP contribution in [0.2, 0.25) is 0 Å².